The molecule has 31 heavy (non-hydrogen) atoms. The highest BCUT2D eigenvalue weighted by molar-refractivity contribution is 5.95. The van der Waals surface area contributed by atoms with Crippen LogP contribution in [0.1, 0.15) is 16.1 Å². The summed E-state index contributed by atoms with van der Waals surface area (Å²) >= 11 is 0. The molecule has 1 aliphatic rings. The van der Waals surface area contributed by atoms with E-state index in [1.807, 2.05) is 31.2 Å². The predicted octanol–water partition coefficient (Wildman–Crippen LogP) is 2.80. The van der Waals surface area contributed by atoms with E-state index in [0.29, 0.717) is 47.4 Å². The van der Waals surface area contributed by atoms with E-state index >= 15 is 0 Å². The number of nitrogens with zero attached hydrogens (tertiary/aromatic N) is 6. The lowest BCUT2D eigenvalue weighted by Crippen LogP contribution is -2.56. The zero-order valence-electron chi connectivity index (χ0n) is 16.7. The van der Waals surface area contributed by atoms with Gasteiger partial charge in [-0.05, 0) is 31.2 Å². The van der Waals surface area contributed by atoms with Gasteiger partial charge in [0.1, 0.15) is 17.5 Å². The number of carbonyl (C=O) groups excluding carboxylic acids is 1. The minimum absolute atomic E-state index is 0.0377. The van der Waals surface area contributed by atoms with E-state index in [1.165, 1.54) is 0 Å². The maximum absolute atomic E-state index is 12.7. The normalized spacial score (nSPS) is 13.6. The summed E-state index contributed by atoms with van der Waals surface area (Å²) in [6.07, 6.45) is 6.28. The molecule has 9 heteroatoms. The van der Waals surface area contributed by atoms with Gasteiger partial charge in [-0.2, -0.15) is 4.98 Å². The highest BCUT2D eigenvalue weighted by Crippen LogP contribution is 2.31. The molecular weight excluding hydrogens is 396 g/mol. The molecule has 1 fully saturated rings. The maximum atomic E-state index is 12.7. The molecule has 0 atom stereocenters. The van der Waals surface area contributed by atoms with Gasteiger partial charge in [-0.25, -0.2) is 4.98 Å². The van der Waals surface area contributed by atoms with Crippen LogP contribution in [0, 0.1) is 6.92 Å². The summed E-state index contributed by atoms with van der Waals surface area (Å²) in [5, 5.41) is 3.99. The molecule has 0 spiro atoms. The summed E-state index contributed by atoms with van der Waals surface area (Å²) in [6.45, 7) is 2.82. The highest BCUT2D eigenvalue weighted by Gasteiger charge is 2.34. The number of carbonyl (C=O) groups is 1. The lowest BCUT2D eigenvalue weighted by atomic mass is 10.1. The van der Waals surface area contributed by atoms with Crippen LogP contribution >= 0.6 is 0 Å². The fraction of sp³-hybridized carbons (Fsp3) is 0.182. The SMILES string of the molecule is Cc1ncccc1C(=O)N1CC(Oc2ccccc2-c2nc(-c3cnccn3)no2)C1. The lowest BCUT2D eigenvalue weighted by Gasteiger charge is -2.39. The molecule has 1 saturated heterocycles. The predicted molar refractivity (Wildman–Crippen MR) is 110 cm³/mol. The van der Waals surface area contributed by atoms with Gasteiger partial charge in [-0.15, -0.1) is 0 Å². The van der Waals surface area contributed by atoms with Crippen molar-refractivity contribution in [3.8, 4) is 28.7 Å². The summed E-state index contributed by atoms with van der Waals surface area (Å²) in [4.78, 5) is 31.2. The van der Waals surface area contributed by atoms with Crippen LogP contribution < -0.4 is 4.74 Å². The van der Waals surface area contributed by atoms with Gasteiger partial charge in [0.25, 0.3) is 11.8 Å². The monoisotopic (exact) mass is 414 g/mol. The fourth-order valence-electron chi connectivity index (χ4n) is 3.34. The smallest absolute Gasteiger partial charge is 0.262 e. The summed E-state index contributed by atoms with van der Waals surface area (Å²) in [5.74, 6) is 1.26. The molecule has 154 valence electrons. The molecule has 4 heterocycles. The van der Waals surface area contributed by atoms with Crippen molar-refractivity contribution in [2.75, 3.05) is 13.1 Å². The van der Waals surface area contributed by atoms with E-state index in [9.17, 15) is 4.79 Å². The molecule has 1 aliphatic heterocycles. The van der Waals surface area contributed by atoms with Crippen LogP contribution in [0.25, 0.3) is 23.0 Å². The van der Waals surface area contributed by atoms with E-state index in [1.54, 1.807) is 41.8 Å². The van der Waals surface area contributed by atoms with Crippen LogP contribution in [0.5, 0.6) is 5.75 Å². The summed E-state index contributed by atoms with van der Waals surface area (Å²) in [6, 6.07) is 11.0. The van der Waals surface area contributed by atoms with Gasteiger partial charge in [0, 0.05) is 24.3 Å². The number of aromatic nitrogens is 5. The van der Waals surface area contributed by atoms with Crippen molar-refractivity contribution in [2.45, 2.75) is 13.0 Å². The van der Waals surface area contributed by atoms with Crippen LogP contribution in [0.15, 0.2) is 65.7 Å². The first-order valence-electron chi connectivity index (χ1n) is 9.76. The quantitative estimate of drug-likeness (QED) is 0.491. The van der Waals surface area contributed by atoms with Gasteiger partial charge in [0.05, 0.1) is 30.4 Å². The molecule has 4 aromatic rings. The molecule has 0 radical (unpaired) electrons. The van der Waals surface area contributed by atoms with Crippen LogP contribution in [0.3, 0.4) is 0 Å². The number of pyridine rings is 1. The number of likely N-dealkylation sites (tertiary alicyclic amines) is 1. The zero-order chi connectivity index (χ0) is 21.2. The number of para-hydroxylation sites is 1. The van der Waals surface area contributed by atoms with Crippen molar-refractivity contribution in [2.24, 2.45) is 0 Å². The summed E-state index contributed by atoms with van der Waals surface area (Å²) in [7, 11) is 0. The van der Waals surface area contributed by atoms with Crippen LogP contribution in [-0.4, -0.2) is 55.1 Å². The Morgan fingerprint density at radius 1 is 1.10 bits per heavy atom. The van der Waals surface area contributed by atoms with Gasteiger partial charge in [-0.3, -0.25) is 14.8 Å². The zero-order valence-corrected chi connectivity index (χ0v) is 16.7. The number of hydrogen-bond donors (Lipinski definition) is 0. The van der Waals surface area contributed by atoms with Crippen molar-refractivity contribution in [3.63, 3.8) is 0 Å². The molecule has 0 unspecified atom stereocenters. The molecule has 0 bridgehead atoms. The molecular formula is C22H18N6O3. The molecule has 0 aliphatic carbocycles. The molecule has 9 nitrogen and oxygen atoms in total. The fourth-order valence-corrected chi connectivity index (χ4v) is 3.34. The second-order valence-corrected chi connectivity index (χ2v) is 7.10. The number of ether oxygens (including phenoxy) is 1. The molecule has 5 rings (SSSR count). The van der Waals surface area contributed by atoms with Gasteiger partial charge in [0.15, 0.2) is 0 Å². The average molecular weight is 414 g/mol. The van der Waals surface area contributed by atoms with Crippen molar-refractivity contribution in [3.05, 3.63) is 72.4 Å². The Labute approximate surface area is 177 Å². The van der Waals surface area contributed by atoms with Crippen molar-refractivity contribution in [1.29, 1.82) is 0 Å². The van der Waals surface area contributed by atoms with E-state index in [4.69, 9.17) is 9.26 Å². The van der Waals surface area contributed by atoms with Crippen molar-refractivity contribution in [1.82, 2.24) is 30.0 Å². The van der Waals surface area contributed by atoms with Crippen molar-refractivity contribution >= 4 is 5.91 Å². The maximum Gasteiger partial charge on any atom is 0.262 e. The summed E-state index contributed by atoms with van der Waals surface area (Å²) < 4.78 is 11.6. The minimum Gasteiger partial charge on any atom is -0.486 e. The highest BCUT2D eigenvalue weighted by atomic mass is 16.5. The van der Waals surface area contributed by atoms with E-state index < -0.39 is 0 Å². The number of benzene rings is 1. The first-order chi connectivity index (χ1) is 15.2. The van der Waals surface area contributed by atoms with Gasteiger partial charge in [0.2, 0.25) is 5.82 Å². The standard InChI is InChI=1S/C22H18N6O3/c1-14-16(6-4-8-24-14)22(29)28-12-15(13-28)30-19-7-3-2-5-17(19)21-26-20(27-31-21)18-11-23-9-10-25-18/h2-11,15H,12-13H2,1H3. The number of amides is 1. The Bertz CT molecular complexity index is 1220. The average Bonchev–Trinajstić information content (AvgIpc) is 3.27. The summed E-state index contributed by atoms with van der Waals surface area (Å²) in [5.41, 5.74) is 2.54. The largest absolute Gasteiger partial charge is 0.486 e. The second-order valence-electron chi connectivity index (χ2n) is 7.10. The number of hydrogen-bond acceptors (Lipinski definition) is 8. The third-order valence-electron chi connectivity index (χ3n) is 5.00. The van der Waals surface area contributed by atoms with Crippen LogP contribution in [0.2, 0.25) is 0 Å². The lowest BCUT2D eigenvalue weighted by molar-refractivity contribution is 0.0178. The van der Waals surface area contributed by atoms with Crippen LogP contribution in [-0.2, 0) is 0 Å². The first-order valence-corrected chi connectivity index (χ1v) is 9.76. The molecule has 0 N–H and O–H groups in total. The number of rotatable bonds is 5. The second kappa shape index (κ2) is 7.94. The van der Waals surface area contributed by atoms with Gasteiger partial charge in [-0.1, -0.05) is 17.3 Å². The third kappa shape index (κ3) is 3.73. The topological polar surface area (TPSA) is 107 Å². The third-order valence-corrected chi connectivity index (χ3v) is 5.00. The van der Waals surface area contributed by atoms with Crippen molar-refractivity contribution < 1.29 is 14.1 Å². The molecule has 0 saturated carbocycles. The molecule has 3 aromatic heterocycles. The Hall–Kier alpha value is -4.14. The molecule has 1 aromatic carbocycles. The Morgan fingerprint density at radius 3 is 2.77 bits per heavy atom. The Morgan fingerprint density at radius 2 is 1.97 bits per heavy atom. The number of aryl methyl sites for hydroxylation is 1. The van der Waals surface area contributed by atoms with E-state index in [-0.39, 0.29) is 12.0 Å². The van der Waals surface area contributed by atoms with Crippen LogP contribution in [0.4, 0.5) is 0 Å². The Balaban J connectivity index is 1.29. The minimum atomic E-state index is -0.121. The van der Waals surface area contributed by atoms with E-state index in [2.05, 4.69) is 25.1 Å². The molecule has 1 amide bonds. The van der Waals surface area contributed by atoms with Gasteiger partial charge >= 0.3 is 0 Å². The Kier molecular flexibility index (Phi) is 4.83. The van der Waals surface area contributed by atoms with Gasteiger partial charge < -0.3 is 14.2 Å². The van der Waals surface area contributed by atoms with E-state index in [0.717, 1.165) is 5.69 Å². The first kappa shape index (κ1) is 18.9.